The Labute approximate surface area is 97.9 Å². The molecule has 0 saturated heterocycles. The lowest BCUT2D eigenvalue weighted by atomic mass is 9.90. The van der Waals surface area contributed by atoms with Crippen molar-refractivity contribution in [3.63, 3.8) is 0 Å². The number of nitriles is 1. The third-order valence-electron chi connectivity index (χ3n) is 2.62. The van der Waals surface area contributed by atoms with Gasteiger partial charge < -0.3 is 4.74 Å². The minimum atomic E-state index is -0.0742. The predicted octanol–water partition coefficient (Wildman–Crippen LogP) is 3.66. The smallest absolute Gasteiger partial charge is 0.123 e. The van der Waals surface area contributed by atoms with E-state index in [1.54, 1.807) is 7.11 Å². The van der Waals surface area contributed by atoms with Crippen molar-refractivity contribution in [2.24, 2.45) is 5.92 Å². The fourth-order valence-corrected chi connectivity index (χ4v) is 1.85. The molecule has 0 heterocycles. The zero-order chi connectivity index (χ0) is 12.1. The van der Waals surface area contributed by atoms with Crippen LogP contribution in [0.2, 0.25) is 0 Å². The lowest BCUT2D eigenvalue weighted by Crippen LogP contribution is -2.03. The first-order valence-corrected chi connectivity index (χ1v) is 5.62. The summed E-state index contributed by atoms with van der Waals surface area (Å²) in [5, 5.41) is 9.23. The lowest BCUT2D eigenvalue weighted by Gasteiger charge is -2.16. The molecule has 0 aliphatic rings. The number of hydrogen-bond acceptors (Lipinski definition) is 2. The van der Waals surface area contributed by atoms with Crippen molar-refractivity contribution >= 4 is 0 Å². The van der Waals surface area contributed by atoms with Gasteiger partial charge in [0.15, 0.2) is 0 Å². The molecule has 2 heteroatoms. The molecule has 86 valence electrons. The Morgan fingerprint density at radius 1 is 1.38 bits per heavy atom. The maximum absolute atomic E-state index is 9.23. The van der Waals surface area contributed by atoms with E-state index in [4.69, 9.17) is 4.74 Å². The van der Waals surface area contributed by atoms with E-state index in [9.17, 15) is 5.26 Å². The second kappa shape index (κ2) is 5.55. The zero-order valence-corrected chi connectivity index (χ0v) is 10.4. The van der Waals surface area contributed by atoms with Gasteiger partial charge in [0.25, 0.3) is 0 Å². The van der Waals surface area contributed by atoms with Crippen LogP contribution in [0, 0.1) is 24.2 Å². The highest BCUT2D eigenvalue weighted by Crippen LogP contribution is 2.31. The molecule has 1 aromatic carbocycles. The second-order valence-corrected chi connectivity index (χ2v) is 4.56. The topological polar surface area (TPSA) is 33.0 Å². The van der Waals surface area contributed by atoms with Crippen LogP contribution >= 0.6 is 0 Å². The van der Waals surface area contributed by atoms with E-state index in [0.29, 0.717) is 5.92 Å². The largest absolute Gasteiger partial charge is 0.496 e. The minimum Gasteiger partial charge on any atom is -0.496 e. The number of rotatable bonds is 4. The Hall–Kier alpha value is -1.49. The Kier molecular flexibility index (Phi) is 4.37. The first-order valence-electron chi connectivity index (χ1n) is 5.62. The molecule has 0 bridgehead atoms. The van der Waals surface area contributed by atoms with Gasteiger partial charge in [0.2, 0.25) is 0 Å². The highest BCUT2D eigenvalue weighted by molar-refractivity contribution is 5.41. The fraction of sp³-hybridized carbons (Fsp3) is 0.500. The van der Waals surface area contributed by atoms with Crippen LogP contribution in [0.4, 0.5) is 0 Å². The van der Waals surface area contributed by atoms with Crippen LogP contribution in [-0.2, 0) is 0 Å². The van der Waals surface area contributed by atoms with Gasteiger partial charge in [0, 0.05) is 5.56 Å². The van der Waals surface area contributed by atoms with Crippen molar-refractivity contribution in [1.29, 1.82) is 5.26 Å². The Morgan fingerprint density at radius 2 is 2.06 bits per heavy atom. The van der Waals surface area contributed by atoms with Gasteiger partial charge in [-0.05, 0) is 25.3 Å². The summed E-state index contributed by atoms with van der Waals surface area (Å²) >= 11 is 0. The van der Waals surface area contributed by atoms with Gasteiger partial charge in [-0.3, -0.25) is 0 Å². The molecule has 0 amide bonds. The molecule has 1 atom stereocenters. The molecule has 2 nitrogen and oxygen atoms in total. The summed E-state index contributed by atoms with van der Waals surface area (Å²) in [5.74, 6) is 1.25. The van der Waals surface area contributed by atoms with Crippen molar-refractivity contribution in [2.45, 2.75) is 33.1 Å². The normalized spacial score (nSPS) is 12.2. The van der Waals surface area contributed by atoms with Gasteiger partial charge in [-0.2, -0.15) is 5.26 Å². The number of methoxy groups -OCH3 is 1. The van der Waals surface area contributed by atoms with E-state index in [2.05, 4.69) is 26.0 Å². The summed E-state index contributed by atoms with van der Waals surface area (Å²) < 4.78 is 5.31. The van der Waals surface area contributed by atoms with E-state index < -0.39 is 0 Å². The van der Waals surface area contributed by atoms with Gasteiger partial charge in [0.1, 0.15) is 5.75 Å². The average molecular weight is 217 g/mol. The standard InChI is InChI=1S/C14H19NO/c1-10(2)7-12(9-15)13-8-11(3)5-6-14(13)16-4/h5-6,8,10,12H,7H2,1-4H3. The fourth-order valence-electron chi connectivity index (χ4n) is 1.85. The first kappa shape index (κ1) is 12.6. The molecule has 0 aliphatic heterocycles. The van der Waals surface area contributed by atoms with Crippen LogP contribution in [0.5, 0.6) is 5.75 Å². The molecule has 0 radical (unpaired) electrons. The third-order valence-corrected chi connectivity index (χ3v) is 2.62. The Morgan fingerprint density at radius 3 is 2.56 bits per heavy atom. The SMILES string of the molecule is COc1ccc(C)cc1C(C#N)CC(C)C. The van der Waals surface area contributed by atoms with Crippen LogP contribution < -0.4 is 4.74 Å². The number of aryl methyl sites for hydroxylation is 1. The lowest BCUT2D eigenvalue weighted by molar-refractivity contribution is 0.404. The van der Waals surface area contributed by atoms with Crippen LogP contribution in [0.1, 0.15) is 37.3 Å². The predicted molar refractivity (Wildman–Crippen MR) is 65.5 cm³/mol. The molecule has 0 aliphatic carbocycles. The zero-order valence-electron chi connectivity index (χ0n) is 10.4. The number of nitrogens with zero attached hydrogens (tertiary/aromatic N) is 1. The van der Waals surface area contributed by atoms with Crippen LogP contribution in [0.15, 0.2) is 18.2 Å². The van der Waals surface area contributed by atoms with E-state index in [0.717, 1.165) is 17.7 Å². The molecule has 0 saturated carbocycles. The van der Waals surface area contributed by atoms with Crippen molar-refractivity contribution in [1.82, 2.24) is 0 Å². The summed E-state index contributed by atoms with van der Waals surface area (Å²) in [6.07, 6.45) is 0.871. The van der Waals surface area contributed by atoms with Crippen molar-refractivity contribution in [2.75, 3.05) is 7.11 Å². The molecule has 1 unspecified atom stereocenters. The van der Waals surface area contributed by atoms with E-state index in [1.807, 2.05) is 19.1 Å². The van der Waals surface area contributed by atoms with Crippen molar-refractivity contribution in [3.05, 3.63) is 29.3 Å². The van der Waals surface area contributed by atoms with E-state index in [1.165, 1.54) is 5.56 Å². The summed E-state index contributed by atoms with van der Waals surface area (Å²) in [5.41, 5.74) is 2.18. The molecule has 0 spiro atoms. The number of ether oxygens (including phenoxy) is 1. The maximum atomic E-state index is 9.23. The van der Waals surface area contributed by atoms with Crippen molar-refractivity contribution < 1.29 is 4.74 Å². The summed E-state index contributed by atoms with van der Waals surface area (Å²) in [6.45, 7) is 6.30. The van der Waals surface area contributed by atoms with Crippen LogP contribution in [0.3, 0.4) is 0 Å². The van der Waals surface area contributed by atoms with Gasteiger partial charge in [-0.25, -0.2) is 0 Å². The van der Waals surface area contributed by atoms with Gasteiger partial charge in [-0.1, -0.05) is 31.5 Å². The molecule has 0 fully saturated rings. The van der Waals surface area contributed by atoms with Gasteiger partial charge in [0.05, 0.1) is 19.1 Å². The highest BCUT2D eigenvalue weighted by atomic mass is 16.5. The van der Waals surface area contributed by atoms with Crippen LogP contribution in [-0.4, -0.2) is 7.11 Å². The average Bonchev–Trinajstić information content (AvgIpc) is 2.25. The Balaban J connectivity index is 3.08. The summed E-state index contributed by atoms with van der Waals surface area (Å²) in [4.78, 5) is 0. The monoisotopic (exact) mass is 217 g/mol. The highest BCUT2D eigenvalue weighted by Gasteiger charge is 2.17. The molecular weight excluding hydrogens is 198 g/mol. The van der Waals surface area contributed by atoms with E-state index in [-0.39, 0.29) is 5.92 Å². The molecule has 0 N–H and O–H groups in total. The van der Waals surface area contributed by atoms with Crippen molar-refractivity contribution in [3.8, 4) is 11.8 Å². The van der Waals surface area contributed by atoms with E-state index >= 15 is 0 Å². The number of benzene rings is 1. The third kappa shape index (κ3) is 3.00. The summed E-state index contributed by atoms with van der Waals surface area (Å²) in [6, 6.07) is 8.37. The first-order chi connectivity index (χ1) is 7.58. The second-order valence-electron chi connectivity index (χ2n) is 4.56. The molecule has 1 rings (SSSR count). The molecule has 1 aromatic rings. The summed E-state index contributed by atoms with van der Waals surface area (Å²) in [7, 11) is 1.65. The Bertz CT molecular complexity index is 390. The van der Waals surface area contributed by atoms with Gasteiger partial charge in [-0.15, -0.1) is 0 Å². The maximum Gasteiger partial charge on any atom is 0.123 e. The number of hydrogen-bond donors (Lipinski definition) is 0. The molecule has 0 aromatic heterocycles. The minimum absolute atomic E-state index is 0.0742. The molecule has 16 heavy (non-hydrogen) atoms. The van der Waals surface area contributed by atoms with Gasteiger partial charge >= 0.3 is 0 Å². The quantitative estimate of drug-likeness (QED) is 0.771. The van der Waals surface area contributed by atoms with Crippen LogP contribution in [0.25, 0.3) is 0 Å². The molecular formula is C14H19NO.